The number of nitrogens with zero attached hydrogens (tertiary/aromatic N) is 4. The van der Waals surface area contributed by atoms with Crippen LogP contribution in [0.2, 0.25) is 0 Å². The topological polar surface area (TPSA) is 70.9 Å². The molecule has 6 nitrogen and oxygen atoms in total. The monoisotopic (exact) mass is 322 g/mol. The largest absolute Gasteiger partial charge is 0.388 e. The van der Waals surface area contributed by atoms with E-state index in [4.69, 9.17) is 4.98 Å². The maximum Gasteiger partial charge on any atom is 0.161 e. The summed E-state index contributed by atoms with van der Waals surface area (Å²) in [7, 11) is 3.69. The van der Waals surface area contributed by atoms with Gasteiger partial charge in [0.2, 0.25) is 0 Å². The van der Waals surface area contributed by atoms with Gasteiger partial charge in [0.15, 0.2) is 5.84 Å². The highest BCUT2D eigenvalue weighted by molar-refractivity contribution is 6.00. The molecule has 0 amide bonds. The predicted molar refractivity (Wildman–Crippen MR) is 97.8 cm³/mol. The van der Waals surface area contributed by atoms with Crippen LogP contribution in [0.25, 0.3) is 11.4 Å². The van der Waals surface area contributed by atoms with Gasteiger partial charge in [-0.25, -0.2) is 9.97 Å². The highest BCUT2D eigenvalue weighted by Crippen LogP contribution is 2.21. The molecule has 0 radical (unpaired) electrons. The minimum atomic E-state index is 0.793. The molecule has 2 heterocycles. The first-order valence-corrected chi connectivity index (χ1v) is 8.01. The molecule has 0 aliphatic carbocycles. The number of imidazole rings is 2. The second-order valence-electron chi connectivity index (χ2n) is 5.56. The van der Waals surface area contributed by atoms with Crippen molar-refractivity contribution in [3.05, 3.63) is 53.9 Å². The number of aromatic amines is 1. The summed E-state index contributed by atoms with van der Waals surface area (Å²) in [5.74, 6) is 1.64. The van der Waals surface area contributed by atoms with E-state index in [-0.39, 0.29) is 0 Å². The predicted octanol–water partition coefficient (Wildman–Crippen LogP) is 3.11. The van der Waals surface area contributed by atoms with E-state index in [0.717, 1.165) is 46.4 Å². The van der Waals surface area contributed by atoms with Gasteiger partial charge in [-0.1, -0.05) is 6.92 Å². The lowest BCUT2D eigenvalue weighted by molar-refractivity contribution is 1.04. The van der Waals surface area contributed by atoms with Crippen molar-refractivity contribution in [3.63, 3.8) is 0 Å². The molecule has 3 aromatic rings. The van der Waals surface area contributed by atoms with Gasteiger partial charge in [-0.3, -0.25) is 9.56 Å². The van der Waals surface area contributed by atoms with Crippen LogP contribution in [0.5, 0.6) is 0 Å². The summed E-state index contributed by atoms with van der Waals surface area (Å²) in [4.78, 5) is 17.0. The van der Waals surface area contributed by atoms with Crippen molar-refractivity contribution in [1.29, 1.82) is 0 Å². The number of benzene rings is 1. The summed E-state index contributed by atoms with van der Waals surface area (Å²) < 4.78 is 1.92. The first-order valence-electron chi connectivity index (χ1n) is 8.01. The third-order valence-corrected chi connectivity index (χ3v) is 3.96. The molecular weight excluding hydrogens is 300 g/mol. The molecule has 0 aliphatic heterocycles. The fraction of sp³-hybridized carbons (Fsp3) is 0.278. The SMILES string of the molecule is CCc1[nH]c(-c2ccc(NC)cc2)nc1C(=NC)n1cnc(C)c1. The molecular formula is C18H22N6. The fourth-order valence-corrected chi connectivity index (χ4v) is 2.66. The van der Waals surface area contributed by atoms with E-state index in [1.54, 1.807) is 13.4 Å². The van der Waals surface area contributed by atoms with Gasteiger partial charge in [0.25, 0.3) is 0 Å². The lowest BCUT2D eigenvalue weighted by Crippen LogP contribution is -2.14. The van der Waals surface area contributed by atoms with Crippen LogP contribution < -0.4 is 5.32 Å². The molecule has 0 unspecified atom stereocenters. The molecule has 0 spiro atoms. The number of anilines is 1. The van der Waals surface area contributed by atoms with Crippen molar-refractivity contribution in [3.8, 4) is 11.4 Å². The Labute approximate surface area is 141 Å². The molecule has 124 valence electrons. The van der Waals surface area contributed by atoms with Crippen molar-refractivity contribution in [2.45, 2.75) is 20.3 Å². The van der Waals surface area contributed by atoms with Gasteiger partial charge in [0, 0.05) is 37.2 Å². The number of aryl methyl sites for hydroxylation is 2. The normalized spacial score (nSPS) is 11.8. The number of hydrogen-bond donors (Lipinski definition) is 2. The fourth-order valence-electron chi connectivity index (χ4n) is 2.66. The van der Waals surface area contributed by atoms with Crippen molar-refractivity contribution in [1.82, 2.24) is 19.5 Å². The van der Waals surface area contributed by atoms with Crippen LogP contribution >= 0.6 is 0 Å². The van der Waals surface area contributed by atoms with Gasteiger partial charge in [-0.05, 0) is 37.6 Å². The van der Waals surface area contributed by atoms with Crippen molar-refractivity contribution in [2.75, 3.05) is 19.4 Å². The van der Waals surface area contributed by atoms with Crippen LogP contribution in [-0.4, -0.2) is 39.4 Å². The zero-order valence-corrected chi connectivity index (χ0v) is 14.5. The Balaban J connectivity index is 2.03. The van der Waals surface area contributed by atoms with Gasteiger partial charge >= 0.3 is 0 Å². The van der Waals surface area contributed by atoms with E-state index in [2.05, 4.69) is 39.3 Å². The number of aromatic nitrogens is 4. The summed E-state index contributed by atoms with van der Waals surface area (Å²) in [5.41, 5.74) is 5.01. The maximum atomic E-state index is 4.81. The van der Waals surface area contributed by atoms with Crippen molar-refractivity contribution < 1.29 is 0 Å². The summed E-state index contributed by atoms with van der Waals surface area (Å²) in [5, 5.41) is 3.12. The first-order chi connectivity index (χ1) is 11.7. The maximum absolute atomic E-state index is 4.81. The van der Waals surface area contributed by atoms with Gasteiger partial charge < -0.3 is 10.3 Å². The van der Waals surface area contributed by atoms with E-state index in [0.29, 0.717) is 0 Å². The Bertz CT molecular complexity index is 854. The van der Waals surface area contributed by atoms with E-state index < -0.39 is 0 Å². The molecule has 0 saturated carbocycles. The zero-order valence-electron chi connectivity index (χ0n) is 14.5. The molecule has 6 heteroatoms. The van der Waals surface area contributed by atoms with Gasteiger partial charge in [0.1, 0.15) is 17.8 Å². The van der Waals surface area contributed by atoms with Gasteiger partial charge in [-0.2, -0.15) is 0 Å². The molecule has 0 atom stereocenters. The number of hydrogen-bond acceptors (Lipinski definition) is 4. The van der Waals surface area contributed by atoms with Crippen molar-refractivity contribution >= 4 is 11.5 Å². The number of rotatable bonds is 4. The van der Waals surface area contributed by atoms with Crippen LogP contribution in [0.1, 0.15) is 24.0 Å². The average Bonchev–Trinajstić information content (AvgIpc) is 3.23. The van der Waals surface area contributed by atoms with E-state index in [1.165, 1.54) is 0 Å². The minimum Gasteiger partial charge on any atom is -0.388 e. The van der Waals surface area contributed by atoms with E-state index in [9.17, 15) is 0 Å². The Morgan fingerprint density at radius 2 is 2.04 bits per heavy atom. The smallest absolute Gasteiger partial charge is 0.161 e. The Kier molecular flexibility index (Phi) is 4.46. The molecule has 0 aliphatic rings. The van der Waals surface area contributed by atoms with Gasteiger partial charge in [-0.15, -0.1) is 0 Å². The Morgan fingerprint density at radius 3 is 2.58 bits per heavy atom. The molecule has 24 heavy (non-hydrogen) atoms. The van der Waals surface area contributed by atoms with Crippen LogP contribution in [0.15, 0.2) is 41.8 Å². The Hall–Kier alpha value is -2.89. The van der Waals surface area contributed by atoms with E-state index >= 15 is 0 Å². The van der Waals surface area contributed by atoms with Crippen LogP contribution in [0.4, 0.5) is 5.69 Å². The summed E-state index contributed by atoms with van der Waals surface area (Å²) >= 11 is 0. The molecule has 3 rings (SSSR count). The lowest BCUT2D eigenvalue weighted by atomic mass is 10.2. The number of H-pyrrole nitrogens is 1. The summed E-state index contributed by atoms with van der Waals surface area (Å²) in [6.07, 6.45) is 4.58. The second kappa shape index (κ2) is 6.70. The first kappa shape index (κ1) is 16.0. The molecule has 0 saturated heterocycles. The summed E-state index contributed by atoms with van der Waals surface area (Å²) in [6, 6.07) is 8.18. The minimum absolute atomic E-state index is 0.793. The summed E-state index contributed by atoms with van der Waals surface area (Å²) in [6.45, 7) is 4.07. The quantitative estimate of drug-likeness (QED) is 0.573. The molecule has 0 fully saturated rings. The number of aliphatic imine (C=N–C) groups is 1. The number of nitrogens with one attached hydrogen (secondary N) is 2. The molecule has 1 aromatic carbocycles. The third-order valence-electron chi connectivity index (χ3n) is 3.96. The third kappa shape index (κ3) is 2.95. The van der Waals surface area contributed by atoms with Crippen LogP contribution in [0.3, 0.4) is 0 Å². The zero-order chi connectivity index (χ0) is 17.1. The molecule has 0 bridgehead atoms. The Morgan fingerprint density at radius 1 is 1.29 bits per heavy atom. The lowest BCUT2D eigenvalue weighted by Gasteiger charge is -2.05. The van der Waals surface area contributed by atoms with Crippen LogP contribution in [0, 0.1) is 6.92 Å². The highest BCUT2D eigenvalue weighted by Gasteiger charge is 2.17. The second-order valence-corrected chi connectivity index (χ2v) is 5.56. The van der Waals surface area contributed by atoms with Crippen LogP contribution in [-0.2, 0) is 6.42 Å². The van der Waals surface area contributed by atoms with Crippen molar-refractivity contribution in [2.24, 2.45) is 4.99 Å². The van der Waals surface area contributed by atoms with Gasteiger partial charge in [0.05, 0.1) is 5.69 Å². The molecule has 2 aromatic heterocycles. The standard InChI is InChI=1S/C18H22N6/c1-5-15-16(18(20-4)24-10-12(2)21-11-24)23-17(22-15)13-6-8-14(19-3)9-7-13/h6-11,19H,5H2,1-4H3,(H,22,23). The molecule has 2 N–H and O–H groups in total. The average molecular weight is 322 g/mol. The highest BCUT2D eigenvalue weighted by atomic mass is 15.1. The van der Waals surface area contributed by atoms with E-state index in [1.807, 2.05) is 36.9 Å².